The van der Waals surface area contributed by atoms with Gasteiger partial charge in [0.15, 0.2) is 0 Å². The Morgan fingerprint density at radius 1 is 1.45 bits per heavy atom. The third-order valence-corrected chi connectivity index (χ3v) is 4.12. The summed E-state index contributed by atoms with van der Waals surface area (Å²) < 4.78 is 8.21. The van der Waals surface area contributed by atoms with Crippen LogP contribution < -0.4 is 4.74 Å². The lowest BCUT2D eigenvalue weighted by atomic mass is 10.3. The SMILES string of the molecule is CCCOc1cccc2c1nc(CCCl)n2C1CC1C. The third kappa shape index (κ3) is 2.39. The van der Waals surface area contributed by atoms with Gasteiger partial charge in [-0.05, 0) is 30.9 Å². The molecule has 1 aliphatic carbocycles. The summed E-state index contributed by atoms with van der Waals surface area (Å²) in [6.45, 7) is 5.14. The van der Waals surface area contributed by atoms with E-state index in [2.05, 4.69) is 30.5 Å². The van der Waals surface area contributed by atoms with Gasteiger partial charge in [-0.25, -0.2) is 4.98 Å². The van der Waals surface area contributed by atoms with Crippen molar-refractivity contribution in [3.05, 3.63) is 24.0 Å². The fraction of sp³-hybridized carbons (Fsp3) is 0.562. The van der Waals surface area contributed by atoms with E-state index in [0.29, 0.717) is 11.9 Å². The fourth-order valence-electron chi connectivity index (χ4n) is 2.76. The number of aromatic nitrogens is 2. The first-order valence-electron chi connectivity index (χ1n) is 7.44. The molecule has 3 nitrogen and oxygen atoms in total. The summed E-state index contributed by atoms with van der Waals surface area (Å²) in [5, 5.41) is 0. The maximum atomic E-state index is 5.94. The number of fused-ring (bicyclic) bond motifs is 1. The van der Waals surface area contributed by atoms with E-state index in [4.69, 9.17) is 21.3 Å². The molecule has 2 aromatic rings. The molecule has 3 rings (SSSR count). The van der Waals surface area contributed by atoms with Crippen molar-refractivity contribution in [3.63, 3.8) is 0 Å². The first kappa shape index (κ1) is 13.7. The van der Waals surface area contributed by atoms with Crippen LogP contribution in [0.3, 0.4) is 0 Å². The van der Waals surface area contributed by atoms with Gasteiger partial charge in [-0.15, -0.1) is 11.6 Å². The van der Waals surface area contributed by atoms with Gasteiger partial charge in [0.1, 0.15) is 17.1 Å². The minimum absolute atomic E-state index is 0.583. The summed E-state index contributed by atoms with van der Waals surface area (Å²) in [5.74, 6) is 3.33. The largest absolute Gasteiger partial charge is 0.491 e. The van der Waals surface area contributed by atoms with E-state index in [1.807, 2.05) is 6.07 Å². The predicted molar refractivity (Wildman–Crippen MR) is 82.8 cm³/mol. The highest BCUT2D eigenvalue weighted by molar-refractivity contribution is 6.17. The Hall–Kier alpha value is -1.22. The first-order valence-corrected chi connectivity index (χ1v) is 7.98. The lowest BCUT2D eigenvalue weighted by Crippen LogP contribution is -2.03. The minimum Gasteiger partial charge on any atom is -0.491 e. The number of imidazole rings is 1. The Kier molecular flexibility index (Phi) is 3.88. The molecule has 0 N–H and O–H groups in total. The molecule has 2 atom stereocenters. The van der Waals surface area contributed by atoms with E-state index in [-0.39, 0.29) is 0 Å². The van der Waals surface area contributed by atoms with Gasteiger partial charge in [0.25, 0.3) is 0 Å². The van der Waals surface area contributed by atoms with Crippen LogP contribution in [0.15, 0.2) is 18.2 Å². The number of para-hydroxylation sites is 1. The molecule has 1 heterocycles. The summed E-state index contributed by atoms with van der Waals surface area (Å²) in [6, 6.07) is 6.79. The molecule has 20 heavy (non-hydrogen) atoms. The van der Waals surface area contributed by atoms with Crippen molar-refractivity contribution in [2.45, 2.75) is 39.2 Å². The molecular formula is C16H21ClN2O. The van der Waals surface area contributed by atoms with Crippen LogP contribution in [0.4, 0.5) is 0 Å². The van der Waals surface area contributed by atoms with Gasteiger partial charge in [-0.2, -0.15) is 0 Å². The zero-order chi connectivity index (χ0) is 14.1. The zero-order valence-electron chi connectivity index (χ0n) is 12.1. The number of benzene rings is 1. The van der Waals surface area contributed by atoms with Crippen molar-refractivity contribution in [1.29, 1.82) is 0 Å². The molecule has 1 aromatic carbocycles. The zero-order valence-corrected chi connectivity index (χ0v) is 12.9. The van der Waals surface area contributed by atoms with Crippen LogP contribution in [0, 0.1) is 5.92 Å². The number of alkyl halides is 1. The number of hydrogen-bond acceptors (Lipinski definition) is 2. The minimum atomic E-state index is 0.583. The molecule has 0 aliphatic heterocycles. The van der Waals surface area contributed by atoms with E-state index >= 15 is 0 Å². The van der Waals surface area contributed by atoms with E-state index in [0.717, 1.165) is 42.5 Å². The van der Waals surface area contributed by atoms with Gasteiger partial charge in [-0.3, -0.25) is 0 Å². The summed E-state index contributed by atoms with van der Waals surface area (Å²) in [5.41, 5.74) is 2.17. The monoisotopic (exact) mass is 292 g/mol. The molecule has 2 unspecified atom stereocenters. The van der Waals surface area contributed by atoms with Crippen molar-refractivity contribution in [1.82, 2.24) is 9.55 Å². The number of halogens is 1. The van der Waals surface area contributed by atoms with Crippen LogP contribution in [-0.4, -0.2) is 22.0 Å². The van der Waals surface area contributed by atoms with Gasteiger partial charge in [0, 0.05) is 18.3 Å². The number of nitrogens with zero attached hydrogens (tertiary/aromatic N) is 2. The quantitative estimate of drug-likeness (QED) is 0.747. The molecule has 1 aliphatic rings. The van der Waals surface area contributed by atoms with Gasteiger partial charge in [0.2, 0.25) is 0 Å². The maximum Gasteiger partial charge on any atom is 0.147 e. The standard InChI is InChI=1S/C16H21ClN2O/c1-3-9-20-14-6-4-5-12-16(14)18-15(7-8-17)19(12)13-10-11(13)2/h4-6,11,13H,3,7-10H2,1-2H3. The van der Waals surface area contributed by atoms with E-state index in [1.54, 1.807) is 0 Å². The topological polar surface area (TPSA) is 27.1 Å². The van der Waals surface area contributed by atoms with Crippen molar-refractivity contribution < 1.29 is 4.74 Å². The molecule has 1 fully saturated rings. The second-order valence-electron chi connectivity index (χ2n) is 5.59. The first-order chi connectivity index (χ1) is 9.76. The summed E-state index contributed by atoms with van der Waals surface area (Å²) in [6.07, 6.45) is 3.05. The van der Waals surface area contributed by atoms with E-state index in [1.165, 1.54) is 11.9 Å². The van der Waals surface area contributed by atoms with Gasteiger partial charge in [0.05, 0.1) is 12.1 Å². The second-order valence-corrected chi connectivity index (χ2v) is 5.97. The molecule has 0 amide bonds. The van der Waals surface area contributed by atoms with Crippen molar-refractivity contribution in [3.8, 4) is 5.75 Å². The van der Waals surface area contributed by atoms with Crippen LogP contribution in [0.1, 0.15) is 38.6 Å². The number of aryl methyl sites for hydroxylation is 1. The highest BCUT2D eigenvalue weighted by Crippen LogP contribution is 2.46. The van der Waals surface area contributed by atoms with Gasteiger partial charge >= 0.3 is 0 Å². The maximum absolute atomic E-state index is 5.94. The molecule has 0 radical (unpaired) electrons. The average molecular weight is 293 g/mol. The molecular weight excluding hydrogens is 272 g/mol. The van der Waals surface area contributed by atoms with Crippen molar-refractivity contribution >= 4 is 22.6 Å². The highest BCUT2D eigenvalue weighted by atomic mass is 35.5. The molecule has 0 spiro atoms. The summed E-state index contributed by atoms with van der Waals surface area (Å²) >= 11 is 5.94. The molecule has 108 valence electrons. The van der Waals surface area contributed by atoms with Crippen LogP contribution in [0.25, 0.3) is 11.0 Å². The molecule has 1 aromatic heterocycles. The second kappa shape index (κ2) is 5.65. The fourth-order valence-corrected chi connectivity index (χ4v) is 2.93. The highest BCUT2D eigenvalue weighted by Gasteiger charge is 2.37. The van der Waals surface area contributed by atoms with E-state index < -0.39 is 0 Å². The molecule has 1 saturated carbocycles. The normalized spacial score (nSPS) is 21.4. The van der Waals surface area contributed by atoms with Crippen LogP contribution >= 0.6 is 11.6 Å². The van der Waals surface area contributed by atoms with Crippen molar-refractivity contribution in [2.75, 3.05) is 12.5 Å². The van der Waals surface area contributed by atoms with Crippen molar-refractivity contribution in [2.24, 2.45) is 5.92 Å². The van der Waals surface area contributed by atoms with Crippen LogP contribution in [0.5, 0.6) is 5.75 Å². The Labute approximate surface area is 124 Å². The number of hydrogen-bond donors (Lipinski definition) is 0. The Bertz CT molecular complexity index is 608. The average Bonchev–Trinajstić information content (AvgIpc) is 3.04. The summed E-state index contributed by atoms with van der Waals surface area (Å²) in [7, 11) is 0. The molecule has 0 saturated heterocycles. The summed E-state index contributed by atoms with van der Waals surface area (Å²) in [4.78, 5) is 4.80. The Morgan fingerprint density at radius 2 is 2.25 bits per heavy atom. The lowest BCUT2D eigenvalue weighted by molar-refractivity contribution is 0.320. The predicted octanol–water partition coefficient (Wildman–Crippen LogP) is 4.19. The molecule has 0 bridgehead atoms. The smallest absolute Gasteiger partial charge is 0.147 e. The Morgan fingerprint density at radius 3 is 2.90 bits per heavy atom. The van der Waals surface area contributed by atoms with E-state index in [9.17, 15) is 0 Å². The van der Waals surface area contributed by atoms with Gasteiger partial charge in [-0.1, -0.05) is 19.9 Å². The number of ether oxygens (including phenoxy) is 1. The lowest BCUT2D eigenvalue weighted by Gasteiger charge is -2.08. The Balaban J connectivity index is 2.07. The third-order valence-electron chi connectivity index (χ3n) is 3.93. The van der Waals surface area contributed by atoms with Gasteiger partial charge < -0.3 is 9.30 Å². The van der Waals surface area contributed by atoms with Crippen LogP contribution in [0.2, 0.25) is 0 Å². The van der Waals surface area contributed by atoms with Crippen LogP contribution in [-0.2, 0) is 6.42 Å². The number of rotatable bonds is 6. The molecule has 4 heteroatoms.